The van der Waals surface area contributed by atoms with Crippen LogP contribution in [-0.2, 0) is 20.6 Å². The van der Waals surface area contributed by atoms with E-state index in [4.69, 9.17) is 5.11 Å². The predicted octanol–water partition coefficient (Wildman–Crippen LogP) is -6.01. The molecular formula is C11H18ClN5O3. The third-order valence-corrected chi connectivity index (χ3v) is 3.12. The molecule has 3 N–H and O–H groups in total. The lowest BCUT2D eigenvalue weighted by Crippen LogP contribution is -3.00. The second-order valence-corrected chi connectivity index (χ2v) is 4.41. The van der Waals surface area contributed by atoms with Gasteiger partial charge in [0, 0.05) is 14.1 Å². The van der Waals surface area contributed by atoms with Crippen molar-refractivity contribution in [1.82, 2.24) is 18.7 Å². The predicted molar refractivity (Wildman–Crippen MR) is 69.0 cm³/mol. The Bertz CT molecular complexity index is 702. The van der Waals surface area contributed by atoms with E-state index in [1.54, 1.807) is 17.9 Å². The second-order valence-electron chi connectivity index (χ2n) is 4.41. The molecule has 0 amide bonds. The van der Waals surface area contributed by atoms with E-state index in [0.29, 0.717) is 24.3 Å². The first-order valence-electron chi connectivity index (χ1n) is 6.11. The van der Waals surface area contributed by atoms with Crippen LogP contribution in [0.4, 0.5) is 0 Å². The van der Waals surface area contributed by atoms with Crippen LogP contribution in [0.25, 0.3) is 11.2 Å². The fourth-order valence-electron chi connectivity index (χ4n) is 2.03. The molecule has 2 rings (SSSR count). The van der Waals surface area contributed by atoms with E-state index < -0.39 is 0 Å². The average Bonchev–Trinajstić information content (AvgIpc) is 2.83. The van der Waals surface area contributed by atoms with Crippen LogP contribution in [0.5, 0.6) is 0 Å². The lowest BCUT2D eigenvalue weighted by Gasteiger charge is -2.06. The minimum atomic E-state index is -0.380. The molecule has 9 heteroatoms. The molecular weight excluding hydrogens is 286 g/mol. The van der Waals surface area contributed by atoms with E-state index in [1.807, 2.05) is 5.32 Å². The zero-order valence-corrected chi connectivity index (χ0v) is 12.2. The number of nitrogens with two attached hydrogens (primary N) is 1. The number of nitrogens with zero attached hydrogens (tertiary/aromatic N) is 4. The standard InChI is InChI=1S/C11H17N5O3.ClH/c1-14-9-8(10(18)15(2)11(14)19)16(7-13-9)5-3-12-4-6-17;/h7,12,17H,3-6H2,1-2H3;1H. The minimum absolute atomic E-state index is 0. The summed E-state index contributed by atoms with van der Waals surface area (Å²) < 4.78 is 4.19. The van der Waals surface area contributed by atoms with Crippen LogP contribution in [0.1, 0.15) is 0 Å². The summed E-state index contributed by atoms with van der Waals surface area (Å²) in [5, 5.41) is 10.7. The lowest BCUT2D eigenvalue weighted by atomic mass is 10.4. The van der Waals surface area contributed by atoms with E-state index in [2.05, 4.69) is 4.98 Å². The normalized spacial score (nSPS) is 10.8. The summed E-state index contributed by atoms with van der Waals surface area (Å²) in [4.78, 5) is 28.0. The highest BCUT2D eigenvalue weighted by molar-refractivity contribution is 5.69. The molecule has 2 aromatic rings. The SMILES string of the molecule is Cn1c(=O)c2c(ncn2CC[NH2+]CCO)n(C)c1=O.[Cl-]. The molecule has 0 aromatic carbocycles. The molecule has 20 heavy (non-hydrogen) atoms. The fraction of sp³-hybridized carbons (Fsp3) is 0.545. The number of hydrogen-bond acceptors (Lipinski definition) is 4. The van der Waals surface area contributed by atoms with Gasteiger partial charge in [-0.2, -0.15) is 0 Å². The summed E-state index contributed by atoms with van der Waals surface area (Å²) in [6, 6.07) is 0. The highest BCUT2D eigenvalue weighted by Crippen LogP contribution is 2.04. The van der Waals surface area contributed by atoms with Gasteiger partial charge in [-0.15, -0.1) is 0 Å². The van der Waals surface area contributed by atoms with Crippen LogP contribution < -0.4 is 29.0 Å². The molecule has 0 aliphatic rings. The molecule has 2 heterocycles. The summed E-state index contributed by atoms with van der Waals surface area (Å²) in [6.45, 7) is 2.09. The monoisotopic (exact) mass is 303 g/mol. The summed E-state index contributed by atoms with van der Waals surface area (Å²) in [7, 11) is 3.05. The first kappa shape index (κ1) is 16.4. The number of hydrogen-bond donors (Lipinski definition) is 2. The van der Waals surface area contributed by atoms with Crippen LogP contribution in [-0.4, -0.2) is 43.5 Å². The highest BCUT2D eigenvalue weighted by atomic mass is 35.5. The van der Waals surface area contributed by atoms with Gasteiger partial charge >= 0.3 is 5.69 Å². The number of rotatable bonds is 5. The smallest absolute Gasteiger partial charge is 0.332 e. The molecule has 0 atom stereocenters. The van der Waals surface area contributed by atoms with Crippen molar-refractivity contribution in [2.24, 2.45) is 14.1 Å². The van der Waals surface area contributed by atoms with Gasteiger partial charge in [0.15, 0.2) is 11.2 Å². The molecule has 0 unspecified atom stereocenters. The number of fused-ring (bicyclic) bond motifs is 1. The number of aliphatic hydroxyl groups excluding tert-OH is 1. The Morgan fingerprint density at radius 1 is 1.25 bits per heavy atom. The van der Waals surface area contributed by atoms with Crippen LogP contribution in [0.3, 0.4) is 0 Å². The Kier molecular flexibility index (Phi) is 5.49. The molecule has 0 bridgehead atoms. The van der Waals surface area contributed by atoms with Crippen molar-refractivity contribution < 1.29 is 22.8 Å². The zero-order chi connectivity index (χ0) is 14.0. The van der Waals surface area contributed by atoms with Crippen molar-refractivity contribution in [1.29, 1.82) is 0 Å². The Balaban J connectivity index is 0.00000200. The Hall–Kier alpha value is -1.64. The largest absolute Gasteiger partial charge is 1.00 e. The van der Waals surface area contributed by atoms with Crippen molar-refractivity contribution in [3.05, 3.63) is 27.2 Å². The number of aryl methyl sites for hydroxylation is 1. The number of halogens is 1. The summed E-state index contributed by atoms with van der Waals surface area (Å²) in [6.07, 6.45) is 1.57. The molecule has 0 saturated heterocycles. The molecule has 0 aliphatic heterocycles. The molecule has 2 aromatic heterocycles. The topological polar surface area (TPSA) is 98.7 Å². The van der Waals surface area contributed by atoms with Gasteiger partial charge in [-0.25, -0.2) is 9.78 Å². The second kappa shape index (κ2) is 6.69. The van der Waals surface area contributed by atoms with Crippen LogP contribution in [0, 0.1) is 0 Å². The van der Waals surface area contributed by atoms with Gasteiger partial charge in [-0.1, -0.05) is 0 Å². The molecule has 112 valence electrons. The van der Waals surface area contributed by atoms with Crippen molar-refractivity contribution in [3.63, 3.8) is 0 Å². The Labute approximate surface area is 121 Å². The van der Waals surface area contributed by atoms with Gasteiger partial charge in [0.05, 0.1) is 32.6 Å². The van der Waals surface area contributed by atoms with Gasteiger partial charge in [-0.05, 0) is 0 Å². The molecule has 0 radical (unpaired) electrons. The van der Waals surface area contributed by atoms with Crippen molar-refractivity contribution >= 4 is 11.2 Å². The first-order chi connectivity index (χ1) is 9.07. The maximum Gasteiger partial charge on any atom is 0.332 e. The maximum absolute atomic E-state index is 12.1. The molecule has 0 aliphatic carbocycles. The van der Waals surface area contributed by atoms with Crippen molar-refractivity contribution in [2.75, 3.05) is 19.7 Å². The fourth-order valence-corrected chi connectivity index (χ4v) is 2.03. The third kappa shape index (κ3) is 2.77. The quantitative estimate of drug-likeness (QED) is 0.537. The summed E-state index contributed by atoms with van der Waals surface area (Å²) >= 11 is 0. The van der Waals surface area contributed by atoms with Gasteiger partial charge < -0.3 is 27.4 Å². The number of aromatic nitrogens is 4. The maximum atomic E-state index is 12.1. The molecule has 8 nitrogen and oxygen atoms in total. The van der Waals surface area contributed by atoms with Gasteiger partial charge in [0.1, 0.15) is 0 Å². The van der Waals surface area contributed by atoms with Crippen LogP contribution in [0.15, 0.2) is 15.9 Å². The zero-order valence-electron chi connectivity index (χ0n) is 11.4. The molecule has 0 spiro atoms. The van der Waals surface area contributed by atoms with E-state index in [-0.39, 0.29) is 30.3 Å². The number of aliphatic hydroxyl groups is 1. The summed E-state index contributed by atoms with van der Waals surface area (Å²) in [5.41, 5.74) is 0.115. The van der Waals surface area contributed by atoms with Gasteiger partial charge in [-0.3, -0.25) is 13.9 Å². The van der Waals surface area contributed by atoms with E-state index in [9.17, 15) is 9.59 Å². The average molecular weight is 304 g/mol. The lowest BCUT2D eigenvalue weighted by molar-refractivity contribution is -0.656. The van der Waals surface area contributed by atoms with Crippen LogP contribution >= 0.6 is 0 Å². The highest BCUT2D eigenvalue weighted by Gasteiger charge is 2.13. The Morgan fingerprint density at radius 2 is 1.95 bits per heavy atom. The summed E-state index contributed by atoms with van der Waals surface area (Å²) in [5.74, 6) is 0. The first-order valence-corrected chi connectivity index (χ1v) is 6.11. The van der Waals surface area contributed by atoms with Gasteiger partial charge in [0.25, 0.3) is 5.56 Å². The van der Waals surface area contributed by atoms with E-state index in [1.165, 1.54) is 11.6 Å². The van der Waals surface area contributed by atoms with Crippen molar-refractivity contribution in [2.45, 2.75) is 6.54 Å². The number of imidazole rings is 1. The van der Waals surface area contributed by atoms with Crippen LogP contribution in [0.2, 0.25) is 0 Å². The van der Waals surface area contributed by atoms with E-state index >= 15 is 0 Å². The van der Waals surface area contributed by atoms with Crippen molar-refractivity contribution in [3.8, 4) is 0 Å². The Morgan fingerprint density at radius 3 is 2.60 bits per heavy atom. The molecule has 0 fully saturated rings. The number of quaternary nitrogens is 1. The minimum Gasteiger partial charge on any atom is -1.00 e. The molecule has 0 saturated carbocycles. The van der Waals surface area contributed by atoms with E-state index in [0.717, 1.165) is 11.1 Å². The third-order valence-electron chi connectivity index (χ3n) is 3.12. The van der Waals surface area contributed by atoms with Gasteiger partial charge in [0.2, 0.25) is 0 Å².